The van der Waals surface area contributed by atoms with Crippen molar-refractivity contribution in [1.29, 1.82) is 0 Å². The molecule has 124 valence electrons. The molecule has 0 bridgehead atoms. The molecule has 2 aromatic rings. The van der Waals surface area contributed by atoms with Crippen LogP contribution >= 0.6 is 0 Å². The summed E-state index contributed by atoms with van der Waals surface area (Å²) in [6, 6.07) is 14.7. The van der Waals surface area contributed by atoms with Gasteiger partial charge in [0.25, 0.3) is 0 Å². The zero-order valence-corrected chi connectivity index (χ0v) is 14.0. The Morgan fingerprint density at radius 1 is 1.08 bits per heavy atom. The van der Waals surface area contributed by atoms with Crippen LogP contribution in [0.1, 0.15) is 40.6 Å². The van der Waals surface area contributed by atoms with Gasteiger partial charge in [-0.3, -0.25) is 9.59 Å². The summed E-state index contributed by atoms with van der Waals surface area (Å²) in [7, 11) is 0. The highest BCUT2D eigenvalue weighted by atomic mass is 16.2. The Hall–Kier alpha value is -2.62. The fourth-order valence-corrected chi connectivity index (χ4v) is 3.06. The second kappa shape index (κ2) is 6.48. The van der Waals surface area contributed by atoms with Crippen LogP contribution in [0.5, 0.6) is 0 Å². The molecular formula is C20H22N2O2. The highest BCUT2D eigenvalue weighted by Gasteiger charge is 2.44. The van der Waals surface area contributed by atoms with Crippen LogP contribution in [0.15, 0.2) is 48.5 Å². The molecule has 0 aliphatic heterocycles. The second-order valence-electron chi connectivity index (χ2n) is 6.55. The maximum Gasteiger partial charge on any atom is 0.244 e. The van der Waals surface area contributed by atoms with Gasteiger partial charge in [0, 0.05) is 5.92 Å². The Labute approximate surface area is 142 Å². The first-order valence-electron chi connectivity index (χ1n) is 8.19. The minimum absolute atomic E-state index is 0.0855. The van der Waals surface area contributed by atoms with Crippen molar-refractivity contribution in [1.82, 2.24) is 5.32 Å². The molecule has 0 heterocycles. The SMILES string of the molecule is Cc1ccc([C@@H]2C[C@@H]2C(=O)N[C@@H](C(N)=O)c2ccccc2)cc1C. The Kier molecular flexibility index (Phi) is 4.38. The van der Waals surface area contributed by atoms with Crippen molar-refractivity contribution in [3.05, 3.63) is 70.8 Å². The lowest BCUT2D eigenvalue weighted by Crippen LogP contribution is -2.38. The van der Waals surface area contributed by atoms with E-state index in [9.17, 15) is 9.59 Å². The predicted molar refractivity (Wildman–Crippen MR) is 93.3 cm³/mol. The van der Waals surface area contributed by atoms with E-state index in [1.54, 1.807) is 12.1 Å². The summed E-state index contributed by atoms with van der Waals surface area (Å²) < 4.78 is 0. The van der Waals surface area contributed by atoms with Crippen LogP contribution in [-0.4, -0.2) is 11.8 Å². The number of hydrogen-bond donors (Lipinski definition) is 2. The minimum Gasteiger partial charge on any atom is -0.368 e. The van der Waals surface area contributed by atoms with Crippen LogP contribution in [-0.2, 0) is 9.59 Å². The smallest absolute Gasteiger partial charge is 0.244 e. The summed E-state index contributed by atoms with van der Waals surface area (Å²) in [4.78, 5) is 24.2. The monoisotopic (exact) mass is 322 g/mol. The first kappa shape index (κ1) is 16.2. The lowest BCUT2D eigenvalue weighted by Gasteiger charge is -2.16. The molecule has 24 heavy (non-hydrogen) atoms. The third kappa shape index (κ3) is 3.32. The van der Waals surface area contributed by atoms with Gasteiger partial charge in [-0.1, -0.05) is 48.5 Å². The lowest BCUT2D eigenvalue weighted by atomic mass is 10.0. The fraction of sp³-hybridized carbons (Fsp3) is 0.300. The number of aryl methyl sites for hydroxylation is 2. The van der Waals surface area contributed by atoms with E-state index in [1.807, 2.05) is 18.2 Å². The Morgan fingerprint density at radius 2 is 1.79 bits per heavy atom. The summed E-state index contributed by atoms with van der Waals surface area (Å²) in [5, 5.41) is 2.81. The first-order chi connectivity index (χ1) is 11.5. The van der Waals surface area contributed by atoms with Crippen molar-refractivity contribution in [3.63, 3.8) is 0 Å². The number of benzene rings is 2. The highest BCUT2D eigenvalue weighted by Crippen LogP contribution is 2.48. The van der Waals surface area contributed by atoms with E-state index in [4.69, 9.17) is 5.73 Å². The predicted octanol–water partition coefficient (Wildman–Crippen LogP) is 2.75. The molecule has 2 aromatic carbocycles. The van der Waals surface area contributed by atoms with Crippen LogP contribution in [0.3, 0.4) is 0 Å². The number of rotatable bonds is 5. The number of hydrogen-bond acceptors (Lipinski definition) is 2. The van der Waals surface area contributed by atoms with Crippen molar-refractivity contribution >= 4 is 11.8 Å². The number of amides is 2. The average Bonchev–Trinajstić information content (AvgIpc) is 3.36. The van der Waals surface area contributed by atoms with Crippen LogP contribution in [0.25, 0.3) is 0 Å². The van der Waals surface area contributed by atoms with Crippen molar-refractivity contribution < 1.29 is 9.59 Å². The largest absolute Gasteiger partial charge is 0.368 e. The Balaban J connectivity index is 1.69. The van der Waals surface area contributed by atoms with Crippen molar-refractivity contribution in [2.75, 3.05) is 0 Å². The Bertz CT molecular complexity index is 770. The molecular weight excluding hydrogens is 300 g/mol. The van der Waals surface area contributed by atoms with E-state index < -0.39 is 11.9 Å². The summed E-state index contributed by atoms with van der Waals surface area (Å²) in [5.74, 6) is -0.505. The van der Waals surface area contributed by atoms with Gasteiger partial charge in [0.15, 0.2) is 0 Å². The van der Waals surface area contributed by atoms with Gasteiger partial charge in [-0.15, -0.1) is 0 Å². The number of nitrogens with two attached hydrogens (primary N) is 1. The van der Waals surface area contributed by atoms with Crippen molar-refractivity contribution in [2.24, 2.45) is 11.7 Å². The van der Waals surface area contributed by atoms with Gasteiger partial charge in [0.1, 0.15) is 6.04 Å². The van der Waals surface area contributed by atoms with Gasteiger partial charge in [-0.2, -0.15) is 0 Å². The standard InChI is InChI=1S/C20H22N2O2/c1-12-8-9-15(10-13(12)2)16-11-17(16)20(24)22-18(19(21)23)14-6-4-3-5-7-14/h3-10,16-18H,11H2,1-2H3,(H2,21,23)(H,22,24)/t16-,17-,18+/m0/s1. The van der Waals surface area contributed by atoms with E-state index in [1.165, 1.54) is 16.7 Å². The average molecular weight is 322 g/mol. The molecule has 1 saturated carbocycles. The van der Waals surface area contributed by atoms with E-state index in [0.717, 1.165) is 6.42 Å². The van der Waals surface area contributed by atoms with Crippen LogP contribution < -0.4 is 11.1 Å². The van der Waals surface area contributed by atoms with E-state index in [0.29, 0.717) is 5.56 Å². The molecule has 4 nitrogen and oxygen atoms in total. The molecule has 0 radical (unpaired) electrons. The third-order valence-electron chi connectivity index (χ3n) is 4.79. The maximum atomic E-state index is 12.5. The normalized spacial score (nSPS) is 20.2. The van der Waals surface area contributed by atoms with Crippen LogP contribution in [0.4, 0.5) is 0 Å². The molecule has 1 aliphatic rings. The molecule has 0 saturated heterocycles. The van der Waals surface area contributed by atoms with Gasteiger partial charge >= 0.3 is 0 Å². The molecule has 4 heteroatoms. The number of primary amides is 1. The van der Waals surface area contributed by atoms with Crippen LogP contribution in [0, 0.1) is 19.8 Å². The zero-order valence-electron chi connectivity index (χ0n) is 14.0. The maximum absolute atomic E-state index is 12.5. The lowest BCUT2D eigenvalue weighted by molar-refractivity contribution is -0.128. The molecule has 1 fully saturated rings. The summed E-state index contributed by atoms with van der Waals surface area (Å²) in [6.45, 7) is 4.16. The summed E-state index contributed by atoms with van der Waals surface area (Å²) >= 11 is 0. The molecule has 0 spiro atoms. The van der Waals surface area contributed by atoms with Gasteiger partial charge < -0.3 is 11.1 Å². The summed E-state index contributed by atoms with van der Waals surface area (Å²) in [5.41, 5.74) is 9.85. The quantitative estimate of drug-likeness (QED) is 0.888. The zero-order chi connectivity index (χ0) is 17.3. The number of nitrogens with one attached hydrogen (secondary N) is 1. The second-order valence-corrected chi connectivity index (χ2v) is 6.55. The van der Waals surface area contributed by atoms with E-state index in [2.05, 4.69) is 37.4 Å². The molecule has 2 amide bonds. The molecule has 3 atom stereocenters. The van der Waals surface area contributed by atoms with Gasteiger partial charge in [-0.05, 0) is 48.4 Å². The molecule has 3 N–H and O–H groups in total. The van der Waals surface area contributed by atoms with E-state index in [-0.39, 0.29) is 17.7 Å². The summed E-state index contributed by atoms with van der Waals surface area (Å²) in [6.07, 6.45) is 0.814. The van der Waals surface area contributed by atoms with Crippen molar-refractivity contribution in [2.45, 2.75) is 32.2 Å². The fourth-order valence-electron chi connectivity index (χ4n) is 3.06. The topological polar surface area (TPSA) is 72.2 Å². The van der Waals surface area contributed by atoms with E-state index >= 15 is 0 Å². The first-order valence-corrected chi connectivity index (χ1v) is 8.19. The molecule has 0 aromatic heterocycles. The third-order valence-corrected chi connectivity index (χ3v) is 4.79. The molecule has 1 aliphatic carbocycles. The van der Waals surface area contributed by atoms with Crippen molar-refractivity contribution in [3.8, 4) is 0 Å². The van der Waals surface area contributed by atoms with Gasteiger partial charge in [-0.25, -0.2) is 0 Å². The molecule has 3 rings (SSSR count). The van der Waals surface area contributed by atoms with Gasteiger partial charge in [0.2, 0.25) is 11.8 Å². The minimum atomic E-state index is -0.778. The number of carbonyl (C=O) groups excluding carboxylic acids is 2. The molecule has 0 unspecified atom stereocenters. The highest BCUT2D eigenvalue weighted by molar-refractivity contribution is 5.90. The van der Waals surface area contributed by atoms with Gasteiger partial charge in [0.05, 0.1) is 0 Å². The van der Waals surface area contributed by atoms with Crippen LogP contribution in [0.2, 0.25) is 0 Å². The Morgan fingerprint density at radius 3 is 2.42 bits per heavy atom. The number of carbonyl (C=O) groups is 2.